The number of likely N-dealkylation sites (tertiary alicyclic amines) is 2. The molecule has 0 radical (unpaired) electrons. The molecule has 3 amide bonds. The SMILES string of the molecule is CC(=O)N1CCC(C(=O)N2CCC(N(C)C(=O)c3cc(C)cc(C(F)(F)F)c3)C(c3ccc(Cl)c(Cl)c3)C2)CC1. The van der Waals surface area contributed by atoms with Gasteiger partial charge in [0.2, 0.25) is 11.8 Å². The monoisotopic (exact) mass is 597 g/mol. The summed E-state index contributed by atoms with van der Waals surface area (Å²) in [6.07, 6.45) is -2.97. The Labute approximate surface area is 242 Å². The van der Waals surface area contributed by atoms with Crippen LogP contribution in [0.3, 0.4) is 0 Å². The van der Waals surface area contributed by atoms with E-state index < -0.39 is 23.7 Å². The molecule has 2 aliphatic rings. The Morgan fingerprint density at radius 1 is 0.925 bits per heavy atom. The molecule has 0 aromatic heterocycles. The topological polar surface area (TPSA) is 60.9 Å². The molecule has 2 aromatic carbocycles. The van der Waals surface area contributed by atoms with Crippen molar-refractivity contribution in [3.8, 4) is 0 Å². The predicted molar refractivity (Wildman–Crippen MR) is 147 cm³/mol. The van der Waals surface area contributed by atoms with Crippen LogP contribution >= 0.6 is 23.2 Å². The molecule has 0 saturated carbocycles. The van der Waals surface area contributed by atoms with Crippen LogP contribution in [0.15, 0.2) is 36.4 Å². The summed E-state index contributed by atoms with van der Waals surface area (Å²) < 4.78 is 40.3. The fourth-order valence-electron chi connectivity index (χ4n) is 5.80. The summed E-state index contributed by atoms with van der Waals surface area (Å²) in [6, 6.07) is 8.13. The highest BCUT2D eigenvalue weighted by atomic mass is 35.5. The van der Waals surface area contributed by atoms with Crippen molar-refractivity contribution >= 4 is 40.9 Å². The number of hydrogen-bond donors (Lipinski definition) is 0. The van der Waals surface area contributed by atoms with Crippen LogP contribution in [0.5, 0.6) is 0 Å². The van der Waals surface area contributed by atoms with Crippen molar-refractivity contribution in [2.75, 3.05) is 33.2 Å². The van der Waals surface area contributed by atoms with Gasteiger partial charge in [0.05, 0.1) is 15.6 Å². The van der Waals surface area contributed by atoms with E-state index in [4.69, 9.17) is 23.2 Å². The zero-order valence-corrected chi connectivity index (χ0v) is 24.1. The van der Waals surface area contributed by atoms with Gasteiger partial charge < -0.3 is 14.7 Å². The molecule has 2 fully saturated rings. The fourth-order valence-corrected chi connectivity index (χ4v) is 6.10. The average Bonchev–Trinajstić information content (AvgIpc) is 2.92. The predicted octanol–water partition coefficient (Wildman–Crippen LogP) is 6.04. The van der Waals surface area contributed by atoms with Crippen molar-refractivity contribution < 1.29 is 27.6 Å². The number of benzene rings is 2. The van der Waals surface area contributed by atoms with Crippen LogP contribution in [0.1, 0.15) is 59.2 Å². The molecule has 4 rings (SSSR count). The lowest BCUT2D eigenvalue weighted by Crippen LogP contribution is -2.53. The minimum Gasteiger partial charge on any atom is -0.343 e. The molecule has 0 N–H and O–H groups in total. The third-order valence-electron chi connectivity index (χ3n) is 8.02. The van der Waals surface area contributed by atoms with Crippen molar-refractivity contribution in [1.82, 2.24) is 14.7 Å². The summed E-state index contributed by atoms with van der Waals surface area (Å²) in [7, 11) is 1.59. The molecule has 2 heterocycles. The van der Waals surface area contributed by atoms with Crippen LogP contribution in [0, 0.1) is 12.8 Å². The zero-order valence-electron chi connectivity index (χ0n) is 22.6. The van der Waals surface area contributed by atoms with Gasteiger partial charge in [-0.15, -0.1) is 0 Å². The highest BCUT2D eigenvalue weighted by molar-refractivity contribution is 6.42. The zero-order chi connectivity index (χ0) is 29.4. The van der Waals surface area contributed by atoms with Gasteiger partial charge in [-0.3, -0.25) is 14.4 Å². The molecule has 0 bridgehead atoms. The van der Waals surface area contributed by atoms with Crippen LogP contribution in [0.4, 0.5) is 13.2 Å². The summed E-state index contributed by atoms with van der Waals surface area (Å²) in [6.45, 7) is 4.82. The van der Waals surface area contributed by atoms with Crippen molar-refractivity contribution in [3.05, 3.63) is 68.7 Å². The third kappa shape index (κ3) is 6.57. The first-order chi connectivity index (χ1) is 18.8. The maximum Gasteiger partial charge on any atom is 0.416 e. The molecule has 40 heavy (non-hydrogen) atoms. The Bertz CT molecular complexity index is 1300. The second-order valence-corrected chi connectivity index (χ2v) is 11.5. The lowest BCUT2D eigenvalue weighted by molar-refractivity contribution is -0.141. The molecule has 2 aliphatic heterocycles. The maximum absolute atomic E-state index is 13.5. The number of amides is 3. The number of carbonyl (C=O) groups excluding carboxylic acids is 3. The van der Waals surface area contributed by atoms with Crippen molar-refractivity contribution in [3.63, 3.8) is 0 Å². The van der Waals surface area contributed by atoms with E-state index in [9.17, 15) is 27.6 Å². The molecule has 2 unspecified atom stereocenters. The van der Waals surface area contributed by atoms with Crippen LogP contribution in [-0.4, -0.2) is 71.7 Å². The van der Waals surface area contributed by atoms with E-state index in [-0.39, 0.29) is 29.2 Å². The summed E-state index contributed by atoms with van der Waals surface area (Å²) in [5.74, 6) is -1.07. The largest absolute Gasteiger partial charge is 0.416 e. The lowest BCUT2D eigenvalue weighted by atomic mass is 9.83. The standard InChI is InChI=1S/C29H32Cl2F3N3O3/c1-17-12-21(14-22(13-17)29(32,33)34)27(39)35(3)26-8-11-37(16-23(26)20-4-5-24(30)25(31)15-20)28(40)19-6-9-36(10-7-19)18(2)38/h4-5,12-15,19,23,26H,6-11,16H2,1-3H3. The van der Waals surface area contributed by atoms with Gasteiger partial charge in [-0.25, -0.2) is 0 Å². The van der Waals surface area contributed by atoms with E-state index in [0.29, 0.717) is 61.1 Å². The molecule has 216 valence electrons. The van der Waals surface area contributed by atoms with Gasteiger partial charge in [0.25, 0.3) is 5.91 Å². The number of halogens is 5. The van der Waals surface area contributed by atoms with Gasteiger partial charge in [0, 0.05) is 63.6 Å². The number of piperidine rings is 2. The molecule has 0 aliphatic carbocycles. The minimum absolute atomic E-state index is 0.00457. The Hall–Kier alpha value is -2.78. The minimum atomic E-state index is -4.57. The smallest absolute Gasteiger partial charge is 0.343 e. The second kappa shape index (κ2) is 12.0. The van der Waals surface area contributed by atoms with Crippen LogP contribution < -0.4 is 0 Å². The van der Waals surface area contributed by atoms with Gasteiger partial charge in [-0.2, -0.15) is 13.2 Å². The van der Waals surface area contributed by atoms with Crippen LogP contribution in [-0.2, 0) is 15.8 Å². The second-order valence-electron chi connectivity index (χ2n) is 10.7. The van der Waals surface area contributed by atoms with Crippen molar-refractivity contribution in [1.29, 1.82) is 0 Å². The Morgan fingerprint density at radius 3 is 2.17 bits per heavy atom. The molecular weight excluding hydrogens is 566 g/mol. The molecule has 6 nitrogen and oxygen atoms in total. The first kappa shape index (κ1) is 30.2. The molecule has 2 atom stereocenters. The summed E-state index contributed by atoms with van der Waals surface area (Å²) >= 11 is 12.5. The number of hydrogen-bond acceptors (Lipinski definition) is 3. The van der Waals surface area contributed by atoms with E-state index in [1.54, 1.807) is 35.0 Å². The van der Waals surface area contributed by atoms with Gasteiger partial charge in [0.15, 0.2) is 0 Å². The van der Waals surface area contributed by atoms with Gasteiger partial charge in [0.1, 0.15) is 0 Å². The van der Waals surface area contributed by atoms with Crippen LogP contribution in [0.25, 0.3) is 0 Å². The van der Waals surface area contributed by atoms with E-state index in [1.165, 1.54) is 24.8 Å². The highest BCUT2D eigenvalue weighted by Crippen LogP contribution is 2.36. The maximum atomic E-state index is 13.5. The first-order valence-electron chi connectivity index (χ1n) is 13.2. The van der Waals surface area contributed by atoms with Crippen molar-refractivity contribution in [2.24, 2.45) is 5.92 Å². The lowest BCUT2D eigenvalue weighted by Gasteiger charge is -2.44. The molecule has 0 spiro atoms. The average molecular weight is 598 g/mol. The fraction of sp³-hybridized carbons (Fsp3) is 0.483. The number of rotatable bonds is 4. The van der Waals surface area contributed by atoms with E-state index in [0.717, 1.165) is 17.7 Å². The molecule has 2 saturated heterocycles. The quantitative estimate of drug-likeness (QED) is 0.432. The van der Waals surface area contributed by atoms with Crippen LogP contribution in [0.2, 0.25) is 10.0 Å². The highest BCUT2D eigenvalue weighted by Gasteiger charge is 2.40. The summed E-state index contributed by atoms with van der Waals surface area (Å²) in [4.78, 5) is 43.7. The van der Waals surface area contributed by atoms with E-state index in [2.05, 4.69) is 0 Å². The van der Waals surface area contributed by atoms with Gasteiger partial charge in [-0.05, 0) is 67.6 Å². The number of aryl methyl sites for hydroxylation is 1. The van der Waals surface area contributed by atoms with Gasteiger partial charge in [-0.1, -0.05) is 29.3 Å². The Morgan fingerprint density at radius 2 is 1.57 bits per heavy atom. The Balaban J connectivity index is 1.59. The number of carbonyl (C=O) groups is 3. The molecule has 2 aromatic rings. The van der Waals surface area contributed by atoms with Crippen molar-refractivity contribution in [2.45, 2.75) is 51.2 Å². The summed E-state index contributed by atoms with van der Waals surface area (Å²) in [5, 5.41) is 0.701. The van der Waals surface area contributed by atoms with Gasteiger partial charge >= 0.3 is 6.18 Å². The van der Waals surface area contributed by atoms with E-state index in [1.807, 2.05) is 0 Å². The molecule has 11 heteroatoms. The first-order valence-corrected chi connectivity index (χ1v) is 14.0. The molecular formula is C29H32Cl2F3N3O3. The third-order valence-corrected chi connectivity index (χ3v) is 8.76. The normalized spacial score (nSPS) is 20.4. The number of nitrogens with zero attached hydrogens (tertiary/aromatic N) is 3. The number of alkyl halides is 3. The number of likely N-dealkylation sites (N-methyl/N-ethyl adjacent to an activating group) is 1. The summed E-state index contributed by atoms with van der Waals surface area (Å²) in [5.41, 5.74) is 0.201. The Kier molecular flexibility index (Phi) is 9.05. The van der Waals surface area contributed by atoms with E-state index >= 15 is 0 Å².